The first-order valence-electron chi connectivity index (χ1n) is 7.15. The Morgan fingerprint density at radius 3 is 2.00 bits per heavy atom. The average molecular weight is 239 g/mol. The summed E-state index contributed by atoms with van der Waals surface area (Å²) in [5.41, 5.74) is 1.57. The minimum Gasteiger partial charge on any atom is -0.305 e. The minimum atomic E-state index is 0.0710. The number of hydrogen-bond donors (Lipinski definition) is 1. The molecule has 0 aromatic carbocycles. The van der Waals surface area contributed by atoms with Gasteiger partial charge in [-0.3, -0.25) is 0 Å². The molecule has 1 nitrogen and oxygen atoms in total. The molecule has 0 aliphatic rings. The van der Waals surface area contributed by atoms with E-state index >= 15 is 0 Å². The van der Waals surface area contributed by atoms with Gasteiger partial charge in [-0.1, -0.05) is 59.6 Å². The second-order valence-corrected chi connectivity index (χ2v) is 6.64. The Balaban J connectivity index is 4.84. The fourth-order valence-electron chi connectivity index (χ4n) is 2.69. The zero-order chi connectivity index (χ0) is 13.7. The summed E-state index contributed by atoms with van der Waals surface area (Å²) in [6.45, 7) is 20.2. The minimum absolute atomic E-state index is 0.0710. The van der Waals surface area contributed by atoms with Crippen LogP contribution in [0.2, 0.25) is 0 Å². The number of rotatable bonds is 7. The van der Waals surface area contributed by atoms with Crippen molar-refractivity contribution in [2.45, 2.75) is 85.7 Å². The second kappa shape index (κ2) is 6.58. The standard InChI is InChI=1S/C16H33N/c1-9-11-13(3)17-16(8,12-10-2)14(4)15(5,6)7/h13,17H,4,9-12H2,1-3,5-8H3/t13-,16?/m1/s1. The van der Waals surface area contributed by atoms with Crippen molar-refractivity contribution < 1.29 is 0 Å². The van der Waals surface area contributed by atoms with Gasteiger partial charge in [0.1, 0.15) is 0 Å². The maximum absolute atomic E-state index is 4.37. The molecule has 0 radical (unpaired) electrons. The van der Waals surface area contributed by atoms with Gasteiger partial charge in [0.25, 0.3) is 0 Å². The lowest BCUT2D eigenvalue weighted by Crippen LogP contribution is -2.50. The van der Waals surface area contributed by atoms with Crippen molar-refractivity contribution >= 4 is 0 Å². The van der Waals surface area contributed by atoms with Crippen molar-refractivity contribution in [3.05, 3.63) is 12.2 Å². The smallest absolute Gasteiger partial charge is 0.0369 e. The van der Waals surface area contributed by atoms with Crippen molar-refractivity contribution in [1.82, 2.24) is 5.32 Å². The van der Waals surface area contributed by atoms with Crippen LogP contribution < -0.4 is 5.32 Å². The second-order valence-electron chi connectivity index (χ2n) is 6.64. The van der Waals surface area contributed by atoms with E-state index in [9.17, 15) is 0 Å². The molecule has 0 amide bonds. The Hall–Kier alpha value is -0.300. The van der Waals surface area contributed by atoms with E-state index in [1.54, 1.807) is 0 Å². The molecule has 0 aliphatic heterocycles. The van der Waals surface area contributed by atoms with Gasteiger partial charge in [0.15, 0.2) is 0 Å². The highest BCUT2D eigenvalue weighted by atomic mass is 15.0. The molecule has 0 bridgehead atoms. The molecule has 0 aliphatic carbocycles. The van der Waals surface area contributed by atoms with Crippen LogP contribution in [0, 0.1) is 5.41 Å². The lowest BCUT2D eigenvalue weighted by Gasteiger charge is -2.41. The summed E-state index contributed by atoms with van der Waals surface area (Å²) in [5.74, 6) is 0. The van der Waals surface area contributed by atoms with Gasteiger partial charge in [-0.05, 0) is 32.1 Å². The Kier molecular flexibility index (Phi) is 6.47. The fourth-order valence-corrected chi connectivity index (χ4v) is 2.69. The number of nitrogens with one attached hydrogen (secondary N) is 1. The highest BCUT2D eigenvalue weighted by Crippen LogP contribution is 2.35. The van der Waals surface area contributed by atoms with Crippen molar-refractivity contribution in [2.24, 2.45) is 5.41 Å². The van der Waals surface area contributed by atoms with Crippen molar-refractivity contribution in [2.75, 3.05) is 0 Å². The molecule has 0 spiro atoms. The van der Waals surface area contributed by atoms with Crippen LogP contribution in [-0.2, 0) is 0 Å². The molecular formula is C16H33N. The summed E-state index contributed by atoms with van der Waals surface area (Å²) in [5, 5.41) is 3.80. The predicted molar refractivity (Wildman–Crippen MR) is 79.4 cm³/mol. The molecule has 0 saturated heterocycles. The van der Waals surface area contributed by atoms with Gasteiger partial charge in [-0.15, -0.1) is 0 Å². The summed E-state index contributed by atoms with van der Waals surface area (Å²) in [6.07, 6.45) is 4.82. The monoisotopic (exact) mass is 239 g/mol. The number of hydrogen-bond acceptors (Lipinski definition) is 1. The van der Waals surface area contributed by atoms with Gasteiger partial charge in [-0.25, -0.2) is 0 Å². The maximum Gasteiger partial charge on any atom is 0.0369 e. The molecule has 102 valence electrons. The van der Waals surface area contributed by atoms with E-state index in [0.717, 1.165) is 6.42 Å². The average Bonchev–Trinajstić information content (AvgIpc) is 2.15. The normalized spacial score (nSPS) is 17.6. The van der Waals surface area contributed by atoms with E-state index in [0.29, 0.717) is 6.04 Å². The Morgan fingerprint density at radius 1 is 1.12 bits per heavy atom. The third-order valence-electron chi connectivity index (χ3n) is 3.61. The molecule has 1 unspecified atom stereocenters. The highest BCUT2D eigenvalue weighted by molar-refractivity contribution is 5.21. The molecule has 0 rings (SSSR count). The summed E-state index contributed by atoms with van der Waals surface area (Å²) in [4.78, 5) is 0. The molecule has 0 fully saturated rings. The predicted octanol–water partition coefficient (Wildman–Crippen LogP) is 4.93. The highest BCUT2D eigenvalue weighted by Gasteiger charge is 2.34. The molecule has 0 aromatic rings. The van der Waals surface area contributed by atoms with E-state index in [2.05, 4.69) is 60.4 Å². The van der Waals surface area contributed by atoms with Gasteiger partial charge in [0.05, 0.1) is 0 Å². The Morgan fingerprint density at radius 2 is 1.65 bits per heavy atom. The van der Waals surface area contributed by atoms with Crippen LogP contribution in [0.15, 0.2) is 12.2 Å². The third-order valence-corrected chi connectivity index (χ3v) is 3.61. The molecule has 2 atom stereocenters. The van der Waals surface area contributed by atoms with Crippen molar-refractivity contribution in [1.29, 1.82) is 0 Å². The van der Waals surface area contributed by atoms with Gasteiger partial charge < -0.3 is 5.32 Å². The van der Waals surface area contributed by atoms with Crippen LogP contribution in [0.3, 0.4) is 0 Å². The van der Waals surface area contributed by atoms with E-state index in [-0.39, 0.29) is 11.0 Å². The van der Waals surface area contributed by atoms with Gasteiger partial charge in [0.2, 0.25) is 0 Å². The molecule has 17 heavy (non-hydrogen) atoms. The molecule has 0 heterocycles. The zero-order valence-corrected chi connectivity index (χ0v) is 13.1. The van der Waals surface area contributed by atoms with Crippen molar-refractivity contribution in [3.8, 4) is 0 Å². The van der Waals surface area contributed by atoms with Gasteiger partial charge >= 0.3 is 0 Å². The molecule has 1 heteroatoms. The summed E-state index contributed by atoms with van der Waals surface area (Å²) < 4.78 is 0. The quantitative estimate of drug-likeness (QED) is 0.621. The summed E-state index contributed by atoms with van der Waals surface area (Å²) >= 11 is 0. The van der Waals surface area contributed by atoms with E-state index in [4.69, 9.17) is 0 Å². The van der Waals surface area contributed by atoms with E-state index in [1.165, 1.54) is 24.8 Å². The first-order valence-corrected chi connectivity index (χ1v) is 7.15. The summed E-state index contributed by atoms with van der Waals surface area (Å²) in [7, 11) is 0. The molecular weight excluding hydrogens is 206 g/mol. The van der Waals surface area contributed by atoms with Crippen LogP contribution >= 0.6 is 0 Å². The SMILES string of the molecule is C=C(C(C)(C)C)C(C)(CCC)N[C@H](C)CCC. The summed E-state index contributed by atoms with van der Waals surface area (Å²) in [6, 6.07) is 0.565. The largest absolute Gasteiger partial charge is 0.305 e. The van der Waals surface area contributed by atoms with E-state index < -0.39 is 0 Å². The maximum atomic E-state index is 4.37. The Labute approximate surface area is 109 Å². The lowest BCUT2D eigenvalue weighted by atomic mass is 9.73. The van der Waals surface area contributed by atoms with Crippen molar-refractivity contribution in [3.63, 3.8) is 0 Å². The van der Waals surface area contributed by atoms with E-state index in [1.807, 2.05) is 0 Å². The van der Waals surface area contributed by atoms with Gasteiger partial charge in [0, 0.05) is 11.6 Å². The first kappa shape index (κ1) is 16.7. The fraction of sp³-hybridized carbons (Fsp3) is 0.875. The topological polar surface area (TPSA) is 12.0 Å². The molecule has 1 N–H and O–H groups in total. The zero-order valence-electron chi connectivity index (χ0n) is 13.1. The lowest BCUT2D eigenvalue weighted by molar-refractivity contribution is 0.283. The molecule has 0 saturated carbocycles. The van der Waals surface area contributed by atoms with Crippen LogP contribution in [0.1, 0.15) is 74.1 Å². The first-order chi connectivity index (χ1) is 7.67. The van der Waals surface area contributed by atoms with Crippen LogP contribution in [0.4, 0.5) is 0 Å². The third kappa shape index (κ3) is 5.25. The van der Waals surface area contributed by atoms with Crippen LogP contribution in [0.5, 0.6) is 0 Å². The van der Waals surface area contributed by atoms with Gasteiger partial charge in [-0.2, -0.15) is 0 Å². The molecule has 0 aromatic heterocycles. The Bertz CT molecular complexity index is 236. The van der Waals surface area contributed by atoms with Crippen LogP contribution in [-0.4, -0.2) is 11.6 Å². The van der Waals surface area contributed by atoms with Crippen LogP contribution in [0.25, 0.3) is 0 Å².